The summed E-state index contributed by atoms with van der Waals surface area (Å²) in [4.78, 5) is 15.6. The summed E-state index contributed by atoms with van der Waals surface area (Å²) in [6.07, 6.45) is 3.12. The fourth-order valence-corrected chi connectivity index (χ4v) is 2.73. The molecule has 0 aliphatic carbocycles. The van der Waals surface area contributed by atoms with Gasteiger partial charge in [0.25, 0.3) is 0 Å². The van der Waals surface area contributed by atoms with Crippen molar-refractivity contribution in [3.05, 3.63) is 0 Å². The summed E-state index contributed by atoms with van der Waals surface area (Å²) < 4.78 is 0. The summed E-state index contributed by atoms with van der Waals surface area (Å²) in [6, 6.07) is 0. The van der Waals surface area contributed by atoms with Crippen molar-refractivity contribution in [1.29, 1.82) is 0 Å². The molecule has 13 heavy (non-hydrogen) atoms. The van der Waals surface area contributed by atoms with E-state index in [1.807, 2.05) is 11.9 Å². The number of likely N-dealkylation sites (tertiary alicyclic amines) is 2. The van der Waals surface area contributed by atoms with E-state index in [-0.39, 0.29) is 0 Å². The van der Waals surface area contributed by atoms with Crippen molar-refractivity contribution in [2.45, 2.75) is 19.3 Å². The first-order valence-electron chi connectivity index (χ1n) is 5.04. The largest absolute Gasteiger partial charge is 0.345 e. The van der Waals surface area contributed by atoms with Crippen LogP contribution in [0.25, 0.3) is 0 Å². The van der Waals surface area contributed by atoms with Crippen LogP contribution in [0.4, 0.5) is 0 Å². The molecule has 0 aromatic rings. The van der Waals surface area contributed by atoms with E-state index in [0.717, 1.165) is 19.4 Å². The minimum atomic E-state index is 0.320. The van der Waals surface area contributed by atoms with Gasteiger partial charge >= 0.3 is 0 Å². The average Bonchev–Trinajstić information content (AvgIpc) is 2.42. The van der Waals surface area contributed by atoms with Crippen LogP contribution in [-0.4, -0.2) is 49.4 Å². The van der Waals surface area contributed by atoms with Crippen LogP contribution in [0.5, 0.6) is 0 Å². The van der Waals surface area contributed by atoms with E-state index in [2.05, 4.69) is 11.9 Å². The molecule has 2 aliphatic rings. The van der Waals surface area contributed by atoms with Gasteiger partial charge in [-0.15, -0.1) is 0 Å². The van der Waals surface area contributed by atoms with Gasteiger partial charge in [0.05, 0.1) is 0 Å². The van der Waals surface area contributed by atoms with Crippen LogP contribution in [0.15, 0.2) is 0 Å². The first-order chi connectivity index (χ1) is 6.11. The quantitative estimate of drug-likeness (QED) is 0.546. The molecule has 0 aromatic carbocycles. The van der Waals surface area contributed by atoms with Crippen LogP contribution in [-0.2, 0) is 4.79 Å². The number of carbonyl (C=O) groups is 1. The van der Waals surface area contributed by atoms with Crippen LogP contribution in [0.2, 0.25) is 0 Å². The van der Waals surface area contributed by atoms with Crippen LogP contribution in [0, 0.1) is 5.41 Å². The van der Waals surface area contributed by atoms with Gasteiger partial charge in [0.1, 0.15) is 0 Å². The van der Waals surface area contributed by atoms with E-state index < -0.39 is 0 Å². The van der Waals surface area contributed by atoms with Crippen molar-refractivity contribution in [2.24, 2.45) is 5.41 Å². The standard InChI is InChI=1S/C10H18N2O/c1-11-6-5-10(7-11)4-3-9(13)12(2)8-10/h3-8H2,1-2H3. The Morgan fingerprint density at radius 2 is 2.00 bits per heavy atom. The summed E-state index contributed by atoms with van der Waals surface area (Å²) in [5.74, 6) is 0.320. The zero-order valence-electron chi connectivity index (χ0n) is 8.55. The predicted octanol–water partition coefficient (Wildman–Crippen LogP) is 0.560. The van der Waals surface area contributed by atoms with E-state index >= 15 is 0 Å². The first kappa shape index (κ1) is 9.00. The Kier molecular flexibility index (Phi) is 2.06. The number of rotatable bonds is 0. The zero-order valence-corrected chi connectivity index (χ0v) is 8.55. The second-order valence-corrected chi connectivity index (χ2v) is 4.74. The lowest BCUT2D eigenvalue weighted by Gasteiger charge is -2.38. The molecule has 3 nitrogen and oxygen atoms in total. The smallest absolute Gasteiger partial charge is 0.222 e. The van der Waals surface area contributed by atoms with Gasteiger partial charge in [-0.25, -0.2) is 0 Å². The number of carbonyl (C=O) groups excluding carboxylic acids is 1. The Hall–Kier alpha value is -0.570. The van der Waals surface area contributed by atoms with Gasteiger partial charge in [-0.1, -0.05) is 0 Å². The topological polar surface area (TPSA) is 23.6 Å². The molecule has 0 bridgehead atoms. The molecule has 2 saturated heterocycles. The number of nitrogens with zero attached hydrogens (tertiary/aromatic N) is 2. The highest BCUT2D eigenvalue weighted by Gasteiger charge is 2.41. The normalized spacial score (nSPS) is 36.2. The maximum atomic E-state index is 11.3. The van der Waals surface area contributed by atoms with Crippen molar-refractivity contribution >= 4 is 5.91 Å². The van der Waals surface area contributed by atoms with E-state index in [0.29, 0.717) is 11.3 Å². The SMILES string of the molecule is CN1CCC2(CCC(=O)N(C)C2)C1. The highest BCUT2D eigenvalue weighted by molar-refractivity contribution is 5.76. The molecule has 2 rings (SSSR count). The van der Waals surface area contributed by atoms with E-state index in [4.69, 9.17) is 0 Å². The highest BCUT2D eigenvalue weighted by Crippen LogP contribution is 2.38. The molecule has 74 valence electrons. The lowest BCUT2D eigenvalue weighted by molar-refractivity contribution is -0.135. The summed E-state index contributed by atoms with van der Waals surface area (Å²) in [5.41, 5.74) is 0.428. The molecule has 0 radical (unpaired) electrons. The lowest BCUT2D eigenvalue weighted by Crippen LogP contribution is -2.45. The Labute approximate surface area is 79.7 Å². The maximum Gasteiger partial charge on any atom is 0.222 e. The zero-order chi connectivity index (χ0) is 9.47. The van der Waals surface area contributed by atoms with Gasteiger partial charge in [-0.2, -0.15) is 0 Å². The molecular formula is C10H18N2O. The summed E-state index contributed by atoms with van der Waals surface area (Å²) in [5, 5.41) is 0. The second kappa shape index (κ2) is 2.98. The Morgan fingerprint density at radius 3 is 2.54 bits per heavy atom. The Balaban J connectivity index is 2.05. The third-order valence-corrected chi connectivity index (χ3v) is 3.50. The molecule has 3 heteroatoms. The number of hydrogen-bond donors (Lipinski definition) is 0. The van der Waals surface area contributed by atoms with Crippen molar-refractivity contribution in [1.82, 2.24) is 9.80 Å². The first-order valence-corrected chi connectivity index (χ1v) is 5.04. The van der Waals surface area contributed by atoms with Crippen molar-refractivity contribution in [3.63, 3.8) is 0 Å². The maximum absolute atomic E-state index is 11.3. The Bertz CT molecular complexity index is 229. The predicted molar refractivity (Wildman–Crippen MR) is 51.4 cm³/mol. The molecule has 2 aliphatic heterocycles. The molecule has 1 amide bonds. The second-order valence-electron chi connectivity index (χ2n) is 4.74. The van der Waals surface area contributed by atoms with Gasteiger partial charge < -0.3 is 9.80 Å². The fraction of sp³-hybridized carbons (Fsp3) is 0.900. The van der Waals surface area contributed by atoms with E-state index in [1.54, 1.807) is 0 Å². The van der Waals surface area contributed by atoms with Crippen molar-refractivity contribution in [3.8, 4) is 0 Å². The Morgan fingerprint density at radius 1 is 1.23 bits per heavy atom. The van der Waals surface area contributed by atoms with Gasteiger partial charge in [0, 0.05) is 32.0 Å². The van der Waals surface area contributed by atoms with Crippen LogP contribution >= 0.6 is 0 Å². The third kappa shape index (κ3) is 1.57. The van der Waals surface area contributed by atoms with Gasteiger partial charge in [0.15, 0.2) is 0 Å². The molecule has 2 fully saturated rings. The molecule has 1 unspecified atom stereocenters. The molecule has 0 aromatic heterocycles. The molecule has 0 N–H and O–H groups in total. The molecule has 1 atom stereocenters. The molecule has 1 spiro atoms. The highest BCUT2D eigenvalue weighted by atomic mass is 16.2. The monoisotopic (exact) mass is 182 g/mol. The minimum absolute atomic E-state index is 0.320. The summed E-state index contributed by atoms with van der Waals surface area (Å²) >= 11 is 0. The number of hydrogen-bond acceptors (Lipinski definition) is 2. The summed E-state index contributed by atoms with van der Waals surface area (Å²) in [7, 11) is 4.10. The number of piperidine rings is 1. The molecule has 2 heterocycles. The minimum Gasteiger partial charge on any atom is -0.345 e. The molecular weight excluding hydrogens is 164 g/mol. The van der Waals surface area contributed by atoms with Crippen LogP contribution < -0.4 is 0 Å². The van der Waals surface area contributed by atoms with Crippen molar-refractivity contribution < 1.29 is 4.79 Å². The van der Waals surface area contributed by atoms with Crippen LogP contribution in [0.1, 0.15) is 19.3 Å². The van der Waals surface area contributed by atoms with E-state index in [9.17, 15) is 4.79 Å². The summed E-state index contributed by atoms with van der Waals surface area (Å²) in [6.45, 7) is 3.34. The number of amides is 1. The van der Waals surface area contributed by atoms with Gasteiger partial charge in [-0.05, 0) is 26.4 Å². The fourth-order valence-electron chi connectivity index (χ4n) is 2.73. The lowest BCUT2D eigenvalue weighted by atomic mass is 9.79. The van der Waals surface area contributed by atoms with Crippen molar-refractivity contribution in [2.75, 3.05) is 33.7 Å². The van der Waals surface area contributed by atoms with Gasteiger partial charge in [0.2, 0.25) is 5.91 Å². The van der Waals surface area contributed by atoms with Gasteiger partial charge in [-0.3, -0.25) is 4.79 Å². The van der Waals surface area contributed by atoms with E-state index in [1.165, 1.54) is 19.5 Å². The van der Waals surface area contributed by atoms with Crippen LogP contribution in [0.3, 0.4) is 0 Å². The third-order valence-electron chi connectivity index (χ3n) is 3.50. The average molecular weight is 182 g/mol. The molecule has 0 saturated carbocycles.